The van der Waals surface area contributed by atoms with Crippen LogP contribution in [0.2, 0.25) is 0 Å². The van der Waals surface area contributed by atoms with E-state index in [1.165, 1.54) is 0 Å². The molecule has 0 radical (unpaired) electrons. The predicted octanol–water partition coefficient (Wildman–Crippen LogP) is -0.966. The van der Waals surface area contributed by atoms with Gasteiger partial charge in [-0.3, -0.25) is 10.1 Å². The van der Waals surface area contributed by atoms with E-state index >= 15 is 0 Å². The van der Waals surface area contributed by atoms with Crippen LogP contribution >= 0.6 is 0 Å². The van der Waals surface area contributed by atoms with Crippen LogP contribution in [-0.4, -0.2) is 47.1 Å². The highest BCUT2D eigenvalue weighted by atomic mass is 16.4. The van der Waals surface area contributed by atoms with Crippen molar-refractivity contribution >= 4 is 11.9 Å². The van der Waals surface area contributed by atoms with E-state index in [9.17, 15) is 9.59 Å². The lowest BCUT2D eigenvalue weighted by Crippen LogP contribution is -2.60. The van der Waals surface area contributed by atoms with Crippen molar-refractivity contribution in [2.75, 3.05) is 13.1 Å². The topological polar surface area (TPSA) is 69.6 Å². The number of carbonyl (C=O) groups excluding carboxylic acids is 1. The summed E-state index contributed by atoms with van der Waals surface area (Å²) in [4.78, 5) is 23.9. The zero-order valence-corrected chi connectivity index (χ0v) is 7.19. The SMILES string of the molecule is O=C(O)C1NCC2CCCN2C1=O. The molecule has 0 aliphatic carbocycles. The van der Waals surface area contributed by atoms with Crippen LogP contribution in [0.5, 0.6) is 0 Å². The van der Waals surface area contributed by atoms with E-state index in [2.05, 4.69) is 5.32 Å². The third-order valence-corrected chi connectivity index (χ3v) is 2.71. The Kier molecular flexibility index (Phi) is 1.95. The zero-order chi connectivity index (χ0) is 9.42. The van der Waals surface area contributed by atoms with Gasteiger partial charge in [0.2, 0.25) is 0 Å². The van der Waals surface area contributed by atoms with Crippen LogP contribution in [0.15, 0.2) is 0 Å². The summed E-state index contributed by atoms with van der Waals surface area (Å²) in [5.74, 6) is -1.35. The number of nitrogens with one attached hydrogen (secondary N) is 1. The first-order valence-electron chi connectivity index (χ1n) is 4.47. The van der Waals surface area contributed by atoms with E-state index in [-0.39, 0.29) is 11.9 Å². The van der Waals surface area contributed by atoms with Gasteiger partial charge >= 0.3 is 5.97 Å². The highest BCUT2D eigenvalue weighted by Crippen LogP contribution is 2.20. The molecule has 2 saturated heterocycles. The second-order valence-electron chi connectivity index (χ2n) is 3.51. The van der Waals surface area contributed by atoms with E-state index < -0.39 is 12.0 Å². The molecule has 72 valence electrons. The normalized spacial score (nSPS) is 33.2. The largest absolute Gasteiger partial charge is 0.480 e. The fourth-order valence-electron chi connectivity index (χ4n) is 2.04. The summed E-state index contributed by atoms with van der Waals surface area (Å²) in [6.07, 6.45) is 1.98. The fourth-order valence-corrected chi connectivity index (χ4v) is 2.04. The molecule has 2 rings (SSSR count). The van der Waals surface area contributed by atoms with Crippen molar-refractivity contribution in [3.05, 3.63) is 0 Å². The maximum absolute atomic E-state index is 11.5. The Morgan fingerprint density at radius 2 is 2.38 bits per heavy atom. The van der Waals surface area contributed by atoms with Gasteiger partial charge in [0.1, 0.15) is 0 Å². The summed E-state index contributed by atoms with van der Waals surface area (Å²) in [7, 11) is 0. The van der Waals surface area contributed by atoms with Crippen molar-refractivity contribution in [1.82, 2.24) is 10.2 Å². The predicted molar refractivity (Wildman–Crippen MR) is 44.2 cm³/mol. The molecule has 2 aliphatic rings. The van der Waals surface area contributed by atoms with Crippen molar-refractivity contribution in [2.24, 2.45) is 0 Å². The first-order chi connectivity index (χ1) is 6.20. The number of piperazine rings is 1. The minimum atomic E-state index is -1.07. The lowest BCUT2D eigenvalue weighted by molar-refractivity contribution is -0.150. The van der Waals surface area contributed by atoms with E-state index in [1.807, 2.05) is 0 Å². The average Bonchev–Trinajstić information content (AvgIpc) is 2.52. The van der Waals surface area contributed by atoms with Crippen LogP contribution in [0.4, 0.5) is 0 Å². The van der Waals surface area contributed by atoms with Gasteiger partial charge in [-0.15, -0.1) is 0 Å². The van der Waals surface area contributed by atoms with E-state index in [0.717, 1.165) is 19.4 Å². The average molecular weight is 184 g/mol. The number of rotatable bonds is 1. The maximum atomic E-state index is 11.5. The Hall–Kier alpha value is -1.10. The Morgan fingerprint density at radius 3 is 3.08 bits per heavy atom. The van der Waals surface area contributed by atoms with E-state index in [0.29, 0.717) is 6.54 Å². The molecule has 2 N–H and O–H groups in total. The molecule has 2 fully saturated rings. The molecule has 0 aromatic carbocycles. The number of fused-ring (bicyclic) bond motifs is 1. The molecule has 5 nitrogen and oxygen atoms in total. The van der Waals surface area contributed by atoms with Crippen molar-refractivity contribution in [3.8, 4) is 0 Å². The summed E-state index contributed by atoms with van der Waals surface area (Å²) < 4.78 is 0. The van der Waals surface area contributed by atoms with Gasteiger partial charge in [0.25, 0.3) is 5.91 Å². The second kappa shape index (κ2) is 2.99. The minimum Gasteiger partial charge on any atom is -0.480 e. The third-order valence-electron chi connectivity index (χ3n) is 2.71. The maximum Gasteiger partial charge on any atom is 0.330 e. The molecule has 0 spiro atoms. The Morgan fingerprint density at radius 1 is 1.62 bits per heavy atom. The van der Waals surface area contributed by atoms with Crippen LogP contribution in [-0.2, 0) is 9.59 Å². The molecule has 2 atom stereocenters. The van der Waals surface area contributed by atoms with E-state index in [4.69, 9.17) is 5.11 Å². The third kappa shape index (κ3) is 1.29. The number of aliphatic carboxylic acids is 1. The number of amides is 1. The van der Waals surface area contributed by atoms with E-state index in [1.54, 1.807) is 4.90 Å². The van der Waals surface area contributed by atoms with Gasteiger partial charge in [0, 0.05) is 19.1 Å². The van der Waals surface area contributed by atoms with Crippen LogP contribution in [0.3, 0.4) is 0 Å². The standard InChI is InChI=1S/C8H12N2O3/c11-7-6(8(12)13)9-4-5-2-1-3-10(5)7/h5-6,9H,1-4H2,(H,12,13). The second-order valence-corrected chi connectivity index (χ2v) is 3.51. The number of carboxylic acid groups (broad SMARTS) is 1. The molecule has 5 heteroatoms. The molecule has 2 heterocycles. The van der Waals surface area contributed by atoms with Crippen LogP contribution in [0.1, 0.15) is 12.8 Å². The van der Waals surface area contributed by atoms with Gasteiger partial charge in [-0.25, -0.2) is 4.79 Å². The zero-order valence-electron chi connectivity index (χ0n) is 7.19. The highest BCUT2D eigenvalue weighted by molar-refractivity contribution is 6.01. The lowest BCUT2D eigenvalue weighted by atomic mass is 10.1. The van der Waals surface area contributed by atoms with Crippen LogP contribution < -0.4 is 5.32 Å². The van der Waals surface area contributed by atoms with Gasteiger partial charge in [0.15, 0.2) is 6.04 Å². The van der Waals surface area contributed by atoms with Crippen molar-refractivity contribution in [3.63, 3.8) is 0 Å². The Balaban J connectivity index is 2.13. The molecule has 13 heavy (non-hydrogen) atoms. The van der Waals surface area contributed by atoms with Gasteiger partial charge < -0.3 is 10.0 Å². The molecule has 1 amide bonds. The number of hydrogen-bond acceptors (Lipinski definition) is 3. The van der Waals surface area contributed by atoms with Gasteiger partial charge in [-0.1, -0.05) is 0 Å². The summed E-state index contributed by atoms with van der Waals surface area (Å²) in [6.45, 7) is 1.33. The Labute approximate surface area is 75.7 Å². The quantitative estimate of drug-likeness (QED) is 0.515. The summed E-state index contributed by atoms with van der Waals surface area (Å²) in [5.41, 5.74) is 0. The molecular formula is C8H12N2O3. The number of carboxylic acids is 1. The highest BCUT2D eigenvalue weighted by Gasteiger charge is 2.40. The smallest absolute Gasteiger partial charge is 0.330 e. The van der Waals surface area contributed by atoms with Crippen molar-refractivity contribution in [1.29, 1.82) is 0 Å². The van der Waals surface area contributed by atoms with Crippen LogP contribution in [0, 0.1) is 0 Å². The van der Waals surface area contributed by atoms with Crippen LogP contribution in [0.25, 0.3) is 0 Å². The summed E-state index contributed by atoms with van der Waals surface area (Å²) >= 11 is 0. The van der Waals surface area contributed by atoms with Crippen molar-refractivity contribution in [2.45, 2.75) is 24.9 Å². The molecule has 2 aliphatic heterocycles. The first kappa shape index (κ1) is 8.50. The van der Waals surface area contributed by atoms with Crippen molar-refractivity contribution < 1.29 is 14.7 Å². The lowest BCUT2D eigenvalue weighted by Gasteiger charge is -2.33. The first-order valence-corrected chi connectivity index (χ1v) is 4.47. The van der Waals surface area contributed by atoms with Gasteiger partial charge in [-0.05, 0) is 12.8 Å². The van der Waals surface area contributed by atoms with Gasteiger partial charge in [-0.2, -0.15) is 0 Å². The monoisotopic (exact) mass is 184 g/mol. The minimum absolute atomic E-state index is 0.225. The Bertz CT molecular complexity index is 254. The molecule has 0 saturated carbocycles. The molecule has 0 aromatic heterocycles. The summed E-state index contributed by atoms with van der Waals surface area (Å²) in [6, 6.07) is -0.794. The molecule has 0 aromatic rings. The number of hydrogen-bond donors (Lipinski definition) is 2. The number of carbonyl (C=O) groups is 2. The molecule has 2 unspecified atom stereocenters. The molecule has 0 bridgehead atoms. The summed E-state index contributed by atoms with van der Waals surface area (Å²) in [5, 5.41) is 11.5. The fraction of sp³-hybridized carbons (Fsp3) is 0.750. The molecular weight excluding hydrogens is 172 g/mol. The number of nitrogens with zero attached hydrogens (tertiary/aromatic N) is 1. The van der Waals surface area contributed by atoms with Gasteiger partial charge in [0.05, 0.1) is 0 Å².